The van der Waals surface area contributed by atoms with Gasteiger partial charge in [-0.1, -0.05) is 12.1 Å². The molecule has 1 aliphatic rings. The van der Waals surface area contributed by atoms with Crippen LogP contribution in [0.5, 0.6) is 5.75 Å². The van der Waals surface area contributed by atoms with E-state index in [-0.39, 0.29) is 0 Å². The minimum Gasteiger partial charge on any atom is -0.497 e. The van der Waals surface area contributed by atoms with Crippen molar-refractivity contribution >= 4 is 0 Å². The molecule has 118 valence electrons. The van der Waals surface area contributed by atoms with Gasteiger partial charge in [0, 0.05) is 37.8 Å². The second-order valence-electron chi connectivity index (χ2n) is 6.13. The van der Waals surface area contributed by atoms with Crippen LogP contribution in [0.2, 0.25) is 0 Å². The maximum atomic E-state index is 5.25. The Kier molecular flexibility index (Phi) is 5.62. The minimum atomic E-state index is 0.335. The Morgan fingerprint density at radius 1 is 1.24 bits per heavy atom. The van der Waals surface area contributed by atoms with Crippen molar-refractivity contribution < 1.29 is 4.74 Å². The summed E-state index contributed by atoms with van der Waals surface area (Å²) in [6.45, 7) is 8.07. The lowest BCUT2D eigenvalue weighted by atomic mass is 9.97. The fourth-order valence-corrected chi connectivity index (χ4v) is 3.45. The van der Waals surface area contributed by atoms with Gasteiger partial charge in [0.1, 0.15) is 5.75 Å². The summed E-state index contributed by atoms with van der Waals surface area (Å²) in [5.41, 5.74) is 1.32. The van der Waals surface area contributed by atoms with Crippen molar-refractivity contribution in [2.75, 3.05) is 40.8 Å². The fraction of sp³-hybridized carbons (Fsp3) is 0.647. The standard InChI is InChI=1S/C17H29N3O/c1-13-12-19(4)10-11-20(13)14(2)17(18-3)15-6-8-16(21-5)9-7-15/h6-9,13-14,17-18H,10-12H2,1-5H3. The zero-order chi connectivity index (χ0) is 15.4. The first kappa shape index (κ1) is 16.3. The van der Waals surface area contributed by atoms with Crippen molar-refractivity contribution in [3.05, 3.63) is 29.8 Å². The molecule has 4 heteroatoms. The van der Waals surface area contributed by atoms with Crippen LogP contribution in [-0.4, -0.2) is 62.7 Å². The molecule has 3 atom stereocenters. The summed E-state index contributed by atoms with van der Waals surface area (Å²) in [7, 11) is 5.96. The molecule has 1 fully saturated rings. The van der Waals surface area contributed by atoms with E-state index in [1.54, 1.807) is 7.11 Å². The first-order chi connectivity index (χ1) is 10.1. The Bertz CT molecular complexity index is 434. The van der Waals surface area contributed by atoms with E-state index in [2.05, 4.69) is 48.1 Å². The molecule has 1 heterocycles. The van der Waals surface area contributed by atoms with E-state index < -0.39 is 0 Å². The maximum Gasteiger partial charge on any atom is 0.118 e. The Morgan fingerprint density at radius 3 is 2.43 bits per heavy atom. The monoisotopic (exact) mass is 291 g/mol. The van der Waals surface area contributed by atoms with Crippen molar-refractivity contribution in [1.82, 2.24) is 15.1 Å². The number of likely N-dealkylation sites (N-methyl/N-ethyl adjacent to an activating group) is 2. The first-order valence-corrected chi connectivity index (χ1v) is 7.82. The molecule has 1 saturated heterocycles. The van der Waals surface area contributed by atoms with Crippen LogP contribution in [0.15, 0.2) is 24.3 Å². The zero-order valence-electron chi connectivity index (χ0n) is 14.0. The summed E-state index contributed by atoms with van der Waals surface area (Å²) in [5, 5.41) is 3.49. The molecule has 1 aromatic carbocycles. The SMILES string of the molecule is CNC(c1ccc(OC)cc1)C(C)N1CCN(C)CC1C. The molecule has 0 radical (unpaired) electrons. The highest BCUT2D eigenvalue weighted by Gasteiger charge is 2.30. The predicted octanol–water partition coefficient (Wildman–Crippen LogP) is 1.98. The third kappa shape index (κ3) is 3.76. The van der Waals surface area contributed by atoms with E-state index >= 15 is 0 Å². The summed E-state index contributed by atoms with van der Waals surface area (Å²) in [6, 6.07) is 9.80. The normalized spacial score (nSPS) is 23.8. The highest BCUT2D eigenvalue weighted by molar-refractivity contribution is 5.29. The number of piperazine rings is 1. The summed E-state index contributed by atoms with van der Waals surface area (Å²) >= 11 is 0. The second-order valence-corrected chi connectivity index (χ2v) is 6.13. The fourth-order valence-electron chi connectivity index (χ4n) is 3.45. The molecule has 0 aromatic heterocycles. The number of methoxy groups -OCH3 is 1. The highest BCUT2D eigenvalue weighted by atomic mass is 16.5. The molecule has 1 aliphatic heterocycles. The van der Waals surface area contributed by atoms with Crippen LogP contribution >= 0.6 is 0 Å². The lowest BCUT2D eigenvalue weighted by Gasteiger charge is -2.44. The Labute approximate surface area is 129 Å². The summed E-state index contributed by atoms with van der Waals surface area (Å²) < 4.78 is 5.25. The van der Waals surface area contributed by atoms with Gasteiger partial charge in [-0.05, 0) is 45.6 Å². The van der Waals surface area contributed by atoms with Gasteiger partial charge < -0.3 is 15.0 Å². The number of nitrogens with one attached hydrogen (secondary N) is 1. The van der Waals surface area contributed by atoms with Crippen LogP contribution < -0.4 is 10.1 Å². The third-order valence-electron chi connectivity index (χ3n) is 4.67. The van der Waals surface area contributed by atoms with Crippen molar-refractivity contribution in [2.24, 2.45) is 0 Å². The van der Waals surface area contributed by atoms with Gasteiger partial charge in [-0.15, -0.1) is 0 Å². The molecule has 0 amide bonds. The molecule has 4 nitrogen and oxygen atoms in total. The predicted molar refractivity (Wildman–Crippen MR) is 87.9 cm³/mol. The lowest BCUT2D eigenvalue weighted by Crippen LogP contribution is -2.56. The number of hydrogen-bond donors (Lipinski definition) is 1. The molecule has 1 aromatic rings. The van der Waals surface area contributed by atoms with Crippen LogP contribution in [0.25, 0.3) is 0 Å². The van der Waals surface area contributed by atoms with Crippen molar-refractivity contribution in [2.45, 2.75) is 32.0 Å². The average molecular weight is 291 g/mol. The number of ether oxygens (including phenoxy) is 1. The van der Waals surface area contributed by atoms with Gasteiger partial charge in [-0.25, -0.2) is 0 Å². The number of rotatable bonds is 5. The summed E-state index contributed by atoms with van der Waals surface area (Å²) in [4.78, 5) is 5.03. The van der Waals surface area contributed by atoms with E-state index in [4.69, 9.17) is 4.74 Å². The summed E-state index contributed by atoms with van der Waals surface area (Å²) in [6.07, 6.45) is 0. The topological polar surface area (TPSA) is 27.7 Å². The van der Waals surface area contributed by atoms with Crippen molar-refractivity contribution in [3.8, 4) is 5.75 Å². The largest absolute Gasteiger partial charge is 0.497 e. The lowest BCUT2D eigenvalue weighted by molar-refractivity contribution is 0.0530. The number of hydrogen-bond acceptors (Lipinski definition) is 4. The zero-order valence-corrected chi connectivity index (χ0v) is 14.0. The van der Waals surface area contributed by atoms with E-state index in [0.717, 1.165) is 25.4 Å². The molecule has 3 unspecified atom stereocenters. The van der Waals surface area contributed by atoms with E-state index in [9.17, 15) is 0 Å². The minimum absolute atomic E-state index is 0.335. The molecule has 1 N–H and O–H groups in total. The Morgan fingerprint density at radius 2 is 1.90 bits per heavy atom. The number of benzene rings is 1. The smallest absolute Gasteiger partial charge is 0.118 e. The quantitative estimate of drug-likeness (QED) is 0.898. The van der Waals surface area contributed by atoms with E-state index in [0.29, 0.717) is 18.1 Å². The van der Waals surface area contributed by atoms with Gasteiger partial charge in [-0.3, -0.25) is 4.90 Å². The first-order valence-electron chi connectivity index (χ1n) is 7.82. The van der Waals surface area contributed by atoms with Crippen LogP contribution in [0.4, 0.5) is 0 Å². The highest BCUT2D eigenvalue weighted by Crippen LogP contribution is 2.25. The van der Waals surface area contributed by atoms with Crippen LogP contribution in [0, 0.1) is 0 Å². The molecule has 2 rings (SSSR count). The van der Waals surface area contributed by atoms with Crippen LogP contribution in [0.1, 0.15) is 25.5 Å². The van der Waals surface area contributed by atoms with Crippen LogP contribution in [0.3, 0.4) is 0 Å². The van der Waals surface area contributed by atoms with Gasteiger partial charge in [0.25, 0.3) is 0 Å². The molecule has 0 spiro atoms. The Hall–Kier alpha value is -1.10. The van der Waals surface area contributed by atoms with E-state index in [1.807, 2.05) is 19.2 Å². The van der Waals surface area contributed by atoms with Gasteiger partial charge in [0.15, 0.2) is 0 Å². The van der Waals surface area contributed by atoms with Gasteiger partial charge >= 0.3 is 0 Å². The van der Waals surface area contributed by atoms with Gasteiger partial charge in [0.05, 0.1) is 7.11 Å². The maximum absolute atomic E-state index is 5.25. The second kappa shape index (κ2) is 7.25. The molecule has 21 heavy (non-hydrogen) atoms. The third-order valence-corrected chi connectivity index (χ3v) is 4.67. The van der Waals surface area contributed by atoms with Crippen LogP contribution in [-0.2, 0) is 0 Å². The molecule has 0 aliphatic carbocycles. The van der Waals surface area contributed by atoms with Gasteiger partial charge in [0.2, 0.25) is 0 Å². The molecule has 0 bridgehead atoms. The van der Waals surface area contributed by atoms with Gasteiger partial charge in [-0.2, -0.15) is 0 Å². The molecular weight excluding hydrogens is 262 g/mol. The number of nitrogens with zero attached hydrogens (tertiary/aromatic N) is 2. The summed E-state index contributed by atoms with van der Waals surface area (Å²) in [5.74, 6) is 0.911. The molecule has 0 saturated carbocycles. The average Bonchev–Trinajstić information content (AvgIpc) is 2.48. The van der Waals surface area contributed by atoms with E-state index in [1.165, 1.54) is 5.56 Å². The van der Waals surface area contributed by atoms with Crippen molar-refractivity contribution in [1.29, 1.82) is 0 Å². The molecular formula is C17H29N3O. The Balaban J connectivity index is 2.11. The van der Waals surface area contributed by atoms with Crippen molar-refractivity contribution in [3.63, 3.8) is 0 Å².